The van der Waals surface area contributed by atoms with Crippen molar-refractivity contribution in [3.8, 4) is 11.5 Å². The fourth-order valence-corrected chi connectivity index (χ4v) is 2.29. The van der Waals surface area contributed by atoms with Crippen molar-refractivity contribution in [2.24, 2.45) is 0 Å². The van der Waals surface area contributed by atoms with Crippen molar-refractivity contribution in [2.45, 2.75) is 6.10 Å². The molecule has 0 bridgehead atoms. The van der Waals surface area contributed by atoms with Crippen LogP contribution in [-0.2, 0) is 4.74 Å². The SMILES string of the molecule is COc1ccc(/C=C/C(O)CN2CCOCC2)cc1OC. The van der Waals surface area contributed by atoms with Crippen molar-refractivity contribution in [3.05, 3.63) is 29.8 Å². The van der Waals surface area contributed by atoms with Crippen molar-refractivity contribution in [1.82, 2.24) is 4.90 Å². The molecule has 1 atom stereocenters. The Morgan fingerprint density at radius 2 is 1.95 bits per heavy atom. The first-order valence-electron chi connectivity index (χ1n) is 7.11. The lowest BCUT2D eigenvalue weighted by Crippen LogP contribution is -2.40. The van der Waals surface area contributed by atoms with Gasteiger partial charge in [0.15, 0.2) is 11.5 Å². The van der Waals surface area contributed by atoms with E-state index in [4.69, 9.17) is 14.2 Å². The van der Waals surface area contributed by atoms with Crippen LogP contribution in [0.25, 0.3) is 6.08 Å². The summed E-state index contributed by atoms with van der Waals surface area (Å²) in [5.41, 5.74) is 0.966. The topological polar surface area (TPSA) is 51.2 Å². The summed E-state index contributed by atoms with van der Waals surface area (Å²) in [6.45, 7) is 3.87. The third-order valence-electron chi connectivity index (χ3n) is 3.47. The van der Waals surface area contributed by atoms with E-state index in [9.17, 15) is 5.11 Å². The van der Waals surface area contributed by atoms with Gasteiger partial charge in [0.25, 0.3) is 0 Å². The maximum absolute atomic E-state index is 10.1. The van der Waals surface area contributed by atoms with E-state index in [1.807, 2.05) is 24.3 Å². The number of rotatable bonds is 6. The van der Waals surface area contributed by atoms with E-state index in [1.165, 1.54) is 0 Å². The van der Waals surface area contributed by atoms with Crippen LogP contribution in [0.3, 0.4) is 0 Å². The van der Waals surface area contributed by atoms with Gasteiger partial charge in [-0.2, -0.15) is 0 Å². The van der Waals surface area contributed by atoms with E-state index in [2.05, 4.69) is 4.90 Å². The quantitative estimate of drug-likeness (QED) is 0.859. The third-order valence-corrected chi connectivity index (χ3v) is 3.47. The molecule has 1 unspecified atom stereocenters. The van der Waals surface area contributed by atoms with Gasteiger partial charge in [-0.3, -0.25) is 4.90 Å². The van der Waals surface area contributed by atoms with E-state index >= 15 is 0 Å². The number of morpholine rings is 1. The first-order valence-corrected chi connectivity index (χ1v) is 7.11. The van der Waals surface area contributed by atoms with E-state index in [-0.39, 0.29) is 0 Å². The second-order valence-electron chi connectivity index (χ2n) is 4.95. The van der Waals surface area contributed by atoms with E-state index < -0.39 is 6.10 Å². The summed E-state index contributed by atoms with van der Waals surface area (Å²) in [7, 11) is 3.22. The Kier molecular flexibility index (Phi) is 6.04. The Morgan fingerprint density at radius 3 is 2.62 bits per heavy atom. The zero-order valence-corrected chi connectivity index (χ0v) is 12.6. The summed E-state index contributed by atoms with van der Waals surface area (Å²) in [4.78, 5) is 2.20. The minimum Gasteiger partial charge on any atom is -0.493 e. The molecule has 0 saturated carbocycles. The molecule has 5 nitrogen and oxygen atoms in total. The Bertz CT molecular complexity index is 469. The zero-order chi connectivity index (χ0) is 15.1. The Balaban J connectivity index is 1.93. The molecule has 2 rings (SSSR count). The molecule has 1 N–H and O–H groups in total. The summed E-state index contributed by atoms with van der Waals surface area (Å²) in [5.74, 6) is 1.38. The molecule has 0 spiro atoms. The predicted octanol–water partition coefficient (Wildman–Crippen LogP) is 1.41. The number of aliphatic hydroxyl groups excluding tert-OH is 1. The number of β-amino-alcohol motifs (C(OH)–C–C–N with tert-alkyl or cyclic N) is 1. The highest BCUT2D eigenvalue weighted by atomic mass is 16.5. The van der Waals surface area contributed by atoms with Gasteiger partial charge in [-0.15, -0.1) is 0 Å². The van der Waals surface area contributed by atoms with Crippen LogP contribution in [0, 0.1) is 0 Å². The molecule has 0 aliphatic carbocycles. The molecule has 0 radical (unpaired) electrons. The van der Waals surface area contributed by atoms with E-state index in [1.54, 1.807) is 20.3 Å². The number of nitrogens with zero attached hydrogens (tertiary/aromatic N) is 1. The zero-order valence-electron chi connectivity index (χ0n) is 12.6. The molecule has 1 aromatic carbocycles. The number of hydrogen-bond acceptors (Lipinski definition) is 5. The normalized spacial score (nSPS) is 17.9. The molecule has 21 heavy (non-hydrogen) atoms. The molecule has 116 valence electrons. The van der Waals surface area contributed by atoms with Crippen molar-refractivity contribution < 1.29 is 19.3 Å². The minimum atomic E-state index is -0.490. The Labute approximate surface area is 125 Å². The smallest absolute Gasteiger partial charge is 0.161 e. The number of ether oxygens (including phenoxy) is 3. The van der Waals surface area contributed by atoms with Crippen molar-refractivity contribution in [3.63, 3.8) is 0 Å². The standard InChI is InChI=1S/C16H23NO4/c1-19-15-6-4-13(11-16(15)20-2)3-5-14(18)12-17-7-9-21-10-8-17/h3-6,11,14,18H,7-10,12H2,1-2H3/b5-3+. The number of aliphatic hydroxyl groups is 1. The van der Waals surface area contributed by atoms with Crippen molar-refractivity contribution in [2.75, 3.05) is 47.1 Å². The fourth-order valence-electron chi connectivity index (χ4n) is 2.29. The van der Waals surface area contributed by atoms with Gasteiger partial charge < -0.3 is 19.3 Å². The highest BCUT2D eigenvalue weighted by Gasteiger charge is 2.13. The molecule has 1 aliphatic heterocycles. The van der Waals surface area contributed by atoms with Crippen LogP contribution < -0.4 is 9.47 Å². The largest absolute Gasteiger partial charge is 0.493 e. The van der Waals surface area contributed by atoms with Crippen LogP contribution in [0.5, 0.6) is 11.5 Å². The molecule has 1 heterocycles. The average Bonchev–Trinajstić information content (AvgIpc) is 2.53. The first-order chi connectivity index (χ1) is 10.2. The molecule has 1 fully saturated rings. The lowest BCUT2D eigenvalue weighted by Gasteiger charge is -2.27. The first kappa shape index (κ1) is 15.8. The van der Waals surface area contributed by atoms with Crippen LogP contribution in [0.15, 0.2) is 24.3 Å². The lowest BCUT2D eigenvalue weighted by molar-refractivity contribution is 0.0223. The summed E-state index contributed by atoms with van der Waals surface area (Å²) in [5, 5.41) is 10.1. The highest BCUT2D eigenvalue weighted by molar-refractivity contribution is 5.56. The van der Waals surface area contributed by atoms with Crippen molar-refractivity contribution >= 4 is 6.08 Å². The van der Waals surface area contributed by atoms with Gasteiger partial charge in [-0.25, -0.2) is 0 Å². The fraction of sp³-hybridized carbons (Fsp3) is 0.500. The minimum absolute atomic E-state index is 0.490. The Morgan fingerprint density at radius 1 is 1.24 bits per heavy atom. The van der Waals surface area contributed by atoms with Gasteiger partial charge in [-0.05, 0) is 17.7 Å². The van der Waals surface area contributed by atoms with Crippen LogP contribution in [0.4, 0.5) is 0 Å². The van der Waals surface area contributed by atoms with E-state index in [0.717, 1.165) is 31.9 Å². The summed E-state index contributed by atoms with van der Waals surface area (Å²) in [6, 6.07) is 5.67. The lowest BCUT2D eigenvalue weighted by atomic mass is 10.1. The van der Waals surface area contributed by atoms with Gasteiger partial charge in [0.05, 0.1) is 33.5 Å². The maximum Gasteiger partial charge on any atom is 0.161 e. The molecular weight excluding hydrogens is 270 g/mol. The molecular formula is C16H23NO4. The average molecular weight is 293 g/mol. The number of benzene rings is 1. The van der Waals surface area contributed by atoms with Gasteiger partial charge in [0.2, 0.25) is 0 Å². The van der Waals surface area contributed by atoms with Crippen LogP contribution in [0.1, 0.15) is 5.56 Å². The monoisotopic (exact) mass is 293 g/mol. The maximum atomic E-state index is 10.1. The Hall–Kier alpha value is -1.56. The summed E-state index contributed by atoms with van der Waals surface area (Å²) in [6.07, 6.45) is 3.21. The van der Waals surface area contributed by atoms with E-state index in [0.29, 0.717) is 18.0 Å². The predicted molar refractivity (Wildman–Crippen MR) is 81.8 cm³/mol. The summed E-state index contributed by atoms with van der Waals surface area (Å²) < 4.78 is 15.8. The molecule has 1 aliphatic rings. The van der Waals surface area contributed by atoms with Crippen LogP contribution in [-0.4, -0.2) is 63.2 Å². The molecule has 0 amide bonds. The third kappa shape index (κ3) is 4.74. The number of methoxy groups -OCH3 is 2. The van der Waals surface area contributed by atoms with Crippen LogP contribution in [0.2, 0.25) is 0 Å². The molecule has 1 aromatic rings. The molecule has 0 aromatic heterocycles. The number of hydrogen-bond donors (Lipinski definition) is 1. The molecule has 5 heteroatoms. The van der Waals surface area contributed by atoms with Gasteiger partial charge in [-0.1, -0.05) is 18.2 Å². The van der Waals surface area contributed by atoms with Crippen molar-refractivity contribution in [1.29, 1.82) is 0 Å². The second-order valence-corrected chi connectivity index (χ2v) is 4.95. The van der Waals surface area contributed by atoms with Gasteiger partial charge in [0, 0.05) is 19.6 Å². The van der Waals surface area contributed by atoms with Gasteiger partial charge >= 0.3 is 0 Å². The molecule has 1 saturated heterocycles. The van der Waals surface area contributed by atoms with Crippen LogP contribution >= 0.6 is 0 Å². The second kappa shape index (κ2) is 8.02. The highest BCUT2D eigenvalue weighted by Crippen LogP contribution is 2.28. The van der Waals surface area contributed by atoms with Gasteiger partial charge in [0.1, 0.15) is 0 Å². The summed E-state index contributed by atoms with van der Waals surface area (Å²) >= 11 is 0.